The molecule has 0 aliphatic rings. The molecule has 0 radical (unpaired) electrons. The minimum Gasteiger partial charge on any atom is -0.199 e. The maximum atomic E-state index is 13.3. The molecule has 0 saturated carbocycles. The zero-order valence-electron chi connectivity index (χ0n) is 14.6. The van der Waals surface area contributed by atoms with Crippen molar-refractivity contribution < 1.29 is 30.7 Å². The van der Waals surface area contributed by atoms with Crippen LogP contribution in [0.1, 0.15) is 84.0 Å². The topological polar surface area (TPSA) is 0 Å². The molecular weight excluding hydrogens is 464 g/mol. The Hall–Kier alpha value is 0.240. The van der Waals surface area contributed by atoms with Crippen LogP contribution in [0.15, 0.2) is 0 Å². The molecule has 0 nitrogen and oxygen atoms in total. The first-order chi connectivity index (χ1) is 11.5. The van der Waals surface area contributed by atoms with Crippen molar-refractivity contribution in [1.29, 1.82) is 0 Å². The van der Waals surface area contributed by atoms with Gasteiger partial charge in [0.1, 0.15) is 0 Å². The van der Waals surface area contributed by atoms with Gasteiger partial charge in [0.25, 0.3) is 0 Å². The van der Waals surface area contributed by atoms with E-state index in [0.717, 1.165) is 25.7 Å². The summed E-state index contributed by atoms with van der Waals surface area (Å²) in [6.07, 6.45) is 3.05. The van der Waals surface area contributed by atoms with Crippen molar-refractivity contribution in [3.8, 4) is 0 Å². The standard InChI is InChI=1S/C17H28F7I/c1-2-3-4-5-6-7-8-9-10-11-12-14(25)13-15(18,19)16(20,21)17(22,23)24/h14H,2-13H2,1H3. The van der Waals surface area contributed by atoms with Crippen LogP contribution in [0.5, 0.6) is 0 Å². The van der Waals surface area contributed by atoms with Gasteiger partial charge in [-0.1, -0.05) is 93.7 Å². The third kappa shape index (κ3) is 9.65. The highest BCUT2D eigenvalue weighted by Gasteiger charge is 2.72. The highest BCUT2D eigenvalue weighted by Crippen LogP contribution is 2.49. The third-order valence-corrected chi connectivity index (χ3v) is 5.23. The maximum Gasteiger partial charge on any atom is 0.459 e. The van der Waals surface area contributed by atoms with Gasteiger partial charge in [-0.3, -0.25) is 0 Å². The van der Waals surface area contributed by atoms with E-state index < -0.39 is 28.4 Å². The lowest BCUT2D eigenvalue weighted by atomic mass is 10.0. The van der Waals surface area contributed by atoms with Gasteiger partial charge in [0, 0.05) is 10.3 Å². The van der Waals surface area contributed by atoms with Crippen molar-refractivity contribution in [1.82, 2.24) is 0 Å². The second-order valence-corrected chi connectivity index (χ2v) is 8.31. The Morgan fingerprint density at radius 2 is 1.08 bits per heavy atom. The van der Waals surface area contributed by atoms with E-state index in [9.17, 15) is 30.7 Å². The number of alkyl halides is 8. The maximum absolute atomic E-state index is 13.3. The summed E-state index contributed by atoms with van der Waals surface area (Å²) in [6.45, 7) is 2.15. The van der Waals surface area contributed by atoms with Gasteiger partial charge in [0.05, 0.1) is 0 Å². The third-order valence-electron chi connectivity index (χ3n) is 4.16. The molecule has 152 valence electrons. The molecule has 0 spiro atoms. The van der Waals surface area contributed by atoms with E-state index in [-0.39, 0.29) is 6.42 Å². The molecule has 0 aromatic rings. The Morgan fingerprint density at radius 1 is 0.680 bits per heavy atom. The SMILES string of the molecule is CCCCCCCCCCCCC(I)CC(F)(F)C(F)(F)C(F)(F)F. The highest BCUT2D eigenvalue weighted by atomic mass is 127. The molecule has 8 heteroatoms. The number of unbranched alkanes of at least 4 members (excludes halogenated alkanes) is 9. The van der Waals surface area contributed by atoms with Crippen molar-refractivity contribution in [3.05, 3.63) is 0 Å². The summed E-state index contributed by atoms with van der Waals surface area (Å²) in [5, 5.41) is 0. The lowest BCUT2D eigenvalue weighted by molar-refractivity contribution is -0.355. The second-order valence-electron chi connectivity index (χ2n) is 6.55. The van der Waals surface area contributed by atoms with E-state index in [1.165, 1.54) is 32.1 Å². The van der Waals surface area contributed by atoms with Gasteiger partial charge in [-0.15, -0.1) is 0 Å². The number of hydrogen-bond donors (Lipinski definition) is 0. The summed E-state index contributed by atoms with van der Waals surface area (Å²) in [4.78, 5) is 0. The van der Waals surface area contributed by atoms with Crippen molar-refractivity contribution in [2.75, 3.05) is 0 Å². The average molecular weight is 492 g/mol. The first-order valence-corrected chi connectivity index (χ1v) is 10.2. The molecule has 0 rings (SSSR count). The van der Waals surface area contributed by atoms with Crippen LogP contribution in [0.2, 0.25) is 0 Å². The minimum absolute atomic E-state index is 0.223. The van der Waals surface area contributed by atoms with Gasteiger partial charge in [-0.2, -0.15) is 30.7 Å². The molecule has 25 heavy (non-hydrogen) atoms. The van der Waals surface area contributed by atoms with Gasteiger partial charge in [0.2, 0.25) is 0 Å². The quantitative estimate of drug-likeness (QED) is 0.0990. The first-order valence-electron chi connectivity index (χ1n) is 8.92. The van der Waals surface area contributed by atoms with Crippen LogP contribution in [0.4, 0.5) is 30.7 Å². The molecule has 1 atom stereocenters. The monoisotopic (exact) mass is 492 g/mol. The largest absolute Gasteiger partial charge is 0.459 e. The summed E-state index contributed by atoms with van der Waals surface area (Å²) >= 11 is 1.54. The van der Waals surface area contributed by atoms with Crippen LogP contribution in [0, 0.1) is 0 Å². The summed E-state index contributed by atoms with van der Waals surface area (Å²) in [5.74, 6) is -11.1. The van der Waals surface area contributed by atoms with Crippen LogP contribution in [-0.2, 0) is 0 Å². The minimum atomic E-state index is -6.23. The summed E-state index contributed by atoms with van der Waals surface area (Å²) in [5.41, 5.74) is 0. The normalized spacial score (nSPS) is 14.8. The molecule has 0 aromatic carbocycles. The Bertz CT molecular complexity index is 342. The number of rotatable bonds is 14. The molecule has 0 saturated heterocycles. The molecule has 0 aliphatic carbocycles. The van der Waals surface area contributed by atoms with Crippen LogP contribution in [0.3, 0.4) is 0 Å². The summed E-state index contributed by atoms with van der Waals surface area (Å²) in [6, 6.07) is 0. The van der Waals surface area contributed by atoms with Gasteiger partial charge in [-0.25, -0.2) is 0 Å². The Balaban J connectivity index is 3.88. The van der Waals surface area contributed by atoms with Crippen LogP contribution in [0.25, 0.3) is 0 Å². The smallest absolute Gasteiger partial charge is 0.199 e. The Kier molecular flexibility index (Phi) is 12.0. The van der Waals surface area contributed by atoms with E-state index >= 15 is 0 Å². The van der Waals surface area contributed by atoms with Crippen LogP contribution < -0.4 is 0 Å². The summed E-state index contributed by atoms with van der Waals surface area (Å²) < 4.78 is 87.5. The van der Waals surface area contributed by atoms with Crippen molar-refractivity contribution in [2.45, 2.75) is 106 Å². The first kappa shape index (κ1) is 25.2. The van der Waals surface area contributed by atoms with E-state index in [1.807, 2.05) is 0 Å². The van der Waals surface area contributed by atoms with Gasteiger partial charge >= 0.3 is 18.0 Å². The van der Waals surface area contributed by atoms with Gasteiger partial charge in [0.15, 0.2) is 0 Å². The molecule has 0 bridgehead atoms. The molecule has 0 heterocycles. The predicted molar refractivity (Wildman–Crippen MR) is 94.8 cm³/mol. The molecule has 0 aliphatic heterocycles. The van der Waals surface area contributed by atoms with Gasteiger partial charge in [-0.05, 0) is 6.42 Å². The molecule has 0 fully saturated rings. The van der Waals surface area contributed by atoms with Crippen molar-refractivity contribution in [3.63, 3.8) is 0 Å². The molecule has 0 N–H and O–H groups in total. The highest BCUT2D eigenvalue weighted by molar-refractivity contribution is 14.1. The zero-order chi connectivity index (χ0) is 19.6. The Morgan fingerprint density at radius 3 is 1.48 bits per heavy atom. The van der Waals surface area contributed by atoms with Crippen LogP contribution in [-0.4, -0.2) is 21.9 Å². The second kappa shape index (κ2) is 11.8. The Labute approximate surface area is 159 Å². The fourth-order valence-corrected chi connectivity index (χ4v) is 3.56. The molecule has 0 aromatic heterocycles. The lowest BCUT2D eigenvalue weighted by Crippen LogP contribution is -2.52. The van der Waals surface area contributed by atoms with E-state index in [0.29, 0.717) is 6.42 Å². The predicted octanol–water partition coefficient (Wildman–Crippen LogP) is 8.32. The van der Waals surface area contributed by atoms with E-state index in [1.54, 1.807) is 22.6 Å². The molecule has 0 amide bonds. The fourth-order valence-electron chi connectivity index (χ4n) is 2.57. The molecule has 1 unspecified atom stereocenters. The number of hydrogen-bond acceptors (Lipinski definition) is 0. The fraction of sp³-hybridized carbons (Fsp3) is 1.00. The summed E-state index contributed by atoms with van der Waals surface area (Å²) in [7, 11) is 0. The van der Waals surface area contributed by atoms with E-state index in [4.69, 9.17) is 0 Å². The zero-order valence-corrected chi connectivity index (χ0v) is 16.7. The lowest BCUT2D eigenvalue weighted by Gasteiger charge is -2.29. The van der Waals surface area contributed by atoms with E-state index in [2.05, 4.69) is 6.92 Å². The number of halogens is 8. The average Bonchev–Trinajstić information content (AvgIpc) is 2.47. The molecular formula is C17H28F7I. The van der Waals surface area contributed by atoms with Gasteiger partial charge < -0.3 is 0 Å². The van der Waals surface area contributed by atoms with Crippen molar-refractivity contribution >= 4 is 22.6 Å². The van der Waals surface area contributed by atoms with Crippen LogP contribution >= 0.6 is 22.6 Å². The van der Waals surface area contributed by atoms with Crippen molar-refractivity contribution in [2.24, 2.45) is 0 Å².